The summed E-state index contributed by atoms with van der Waals surface area (Å²) >= 11 is 0. The molecule has 5 heteroatoms. The molecule has 0 saturated heterocycles. The maximum Gasteiger partial charge on any atom is 0.488 e. The molecule has 0 N–H and O–H groups in total. The molecule has 1 unspecified atom stereocenters. The molecule has 0 bridgehead atoms. The molecule has 0 aromatic carbocycles. The molecule has 0 aliphatic rings. The van der Waals surface area contributed by atoms with Crippen LogP contribution in [0, 0.1) is 0 Å². The predicted molar refractivity (Wildman–Crippen MR) is 88.3 cm³/mol. The summed E-state index contributed by atoms with van der Waals surface area (Å²) < 4.78 is 22.6. The summed E-state index contributed by atoms with van der Waals surface area (Å²) in [6.45, 7) is 10.6. The zero-order valence-electron chi connectivity index (χ0n) is 14.9. The first-order valence-electron chi connectivity index (χ1n) is 8.42. The monoisotopic (exact) mass is 302 g/mol. The molecule has 0 aromatic heterocycles. The molecular formula is C16H35BO4. The minimum atomic E-state index is -0.327. The van der Waals surface area contributed by atoms with Crippen molar-refractivity contribution < 1.29 is 18.8 Å². The van der Waals surface area contributed by atoms with Gasteiger partial charge < -0.3 is 18.8 Å². The Morgan fingerprint density at radius 2 is 1.43 bits per heavy atom. The molecule has 1 atom stereocenters. The number of methoxy groups -OCH3 is 1. The second-order valence-corrected chi connectivity index (χ2v) is 6.05. The molecule has 21 heavy (non-hydrogen) atoms. The van der Waals surface area contributed by atoms with Gasteiger partial charge in [0.05, 0.1) is 6.00 Å². The Labute approximate surface area is 132 Å². The third kappa shape index (κ3) is 12.2. The van der Waals surface area contributed by atoms with E-state index < -0.39 is 0 Å². The number of unbranched alkanes of at least 4 members (excludes halogenated alkanes) is 4. The molecule has 0 amide bonds. The first-order chi connectivity index (χ1) is 10.0. The maximum atomic E-state index is 5.90. The van der Waals surface area contributed by atoms with Crippen LogP contribution in [0.1, 0.15) is 73.1 Å². The van der Waals surface area contributed by atoms with Crippen molar-refractivity contribution in [3.63, 3.8) is 0 Å². The van der Waals surface area contributed by atoms with Gasteiger partial charge in [-0.2, -0.15) is 0 Å². The zero-order chi connectivity index (χ0) is 16.1. The minimum Gasteiger partial charge on any atom is -0.407 e. The van der Waals surface area contributed by atoms with E-state index in [2.05, 4.69) is 6.92 Å². The van der Waals surface area contributed by atoms with E-state index in [1.54, 1.807) is 7.11 Å². The lowest BCUT2D eigenvalue weighted by molar-refractivity contribution is -0.0651. The lowest BCUT2D eigenvalue weighted by atomic mass is 9.77. The summed E-state index contributed by atoms with van der Waals surface area (Å²) in [6.07, 6.45) is 7.39. The highest BCUT2D eigenvalue weighted by atomic mass is 16.7. The summed E-state index contributed by atoms with van der Waals surface area (Å²) in [5.74, 6) is 0. The standard InChI is InChI=1S/C16H35BO4/c1-7-8-9-10-11-12-16(19-13-18-6)17(20-14(2)3)21-15(4)5/h14-16H,7-13H2,1-6H3. The Morgan fingerprint density at radius 3 is 1.90 bits per heavy atom. The van der Waals surface area contributed by atoms with E-state index in [0.717, 1.165) is 12.8 Å². The average molecular weight is 302 g/mol. The normalized spacial score (nSPS) is 13.1. The highest BCUT2D eigenvalue weighted by Crippen LogP contribution is 2.15. The van der Waals surface area contributed by atoms with Crippen LogP contribution < -0.4 is 0 Å². The summed E-state index contributed by atoms with van der Waals surface area (Å²) in [5, 5.41) is 0. The van der Waals surface area contributed by atoms with Crippen LogP contribution in [0.15, 0.2) is 0 Å². The minimum absolute atomic E-state index is 0.0728. The van der Waals surface area contributed by atoms with Gasteiger partial charge in [-0.1, -0.05) is 39.0 Å². The fraction of sp³-hybridized carbons (Fsp3) is 1.00. The van der Waals surface area contributed by atoms with Crippen LogP contribution in [-0.4, -0.2) is 39.2 Å². The van der Waals surface area contributed by atoms with Crippen molar-refractivity contribution in [2.24, 2.45) is 0 Å². The van der Waals surface area contributed by atoms with Crippen LogP contribution in [0.25, 0.3) is 0 Å². The fourth-order valence-electron chi connectivity index (χ4n) is 2.15. The Kier molecular flexibility index (Phi) is 13.5. The molecule has 0 rings (SSSR count). The quantitative estimate of drug-likeness (QED) is 0.273. The zero-order valence-corrected chi connectivity index (χ0v) is 14.9. The van der Waals surface area contributed by atoms with Gasteiger partial charge >= 0.3 is 7.12 Å². The van der Waals surface area contributed by atoms with Gasteiger partial charge in [-0.15, -0.1) is 0 Å². The van der Waals surface area contributed by atoms with Gasteiger partial charge in [-0.3, -0.25) is 0 Å². The molecule has 0 aliphatic heterocycles. The average Bonchev–Trinajstić information content (AvgIpc) is 2.40. The van der Waals surface area contributed by atoms with E-state index in [1.807, 2.05) is 27.7 Å². The highest BCUT2D eigenvalue weighted by Gasteiger charge is 2.33. The third-order valence-electron chi connectivity index (χ3n) is 3.11. The van der Waals surface area contributed by atoms with E-state index >= 15 is 0 Å². The second kappa shape index (κ2) is 13.6. The van der Waals surface area contributed by atoms with Crippen LogP contribution >= 0.6 is 0 Å². The second-order valence-electron chi connectivity index (χ2n) is 6.05. The summed E-state index contributed by atoms with van der Waals surface area (Å²) in [7, 11) is 1.31. The summed E-state index contributed by atoms with van der Waals surface area (Å²) in [5.41, 5.74) is 0. The Hall–Kier alpha value is -0.0951. The van der Waals surface area contributed by atoms with Crippen LogP contribution in [0.2, 0.25) is 0 Å². The van der Waals surface area contributed by atoms with E-state index in [-0.39, 0.29) is 32.1 Å². The third-order valence-corrected chi connectivity index (χ3v) is 3.11. The molecule has 0 aromatic rings. The van der Waals surface area contributed by atoms with E-state index in [9.17, 15) is 0 Å². The largest absolute Gasteiger partial charge is 0.488 e. The Balaban J connectivity index is 4.40. The molecule has 0 radical (unpaired) electrons. The van der Waals surface area contributed by atoms with Crippen LogP contribution in [0.5, 0.6) is 0 Å². The van der Waals surface area contributed by atoms with Crippen molar-refractivity contribution >= 4 is 7.12 Å². The van der Waals surface area contributed by atoms with Crippen LogP contribution in [0.4, 0.5) is 0 Å². The van der Waals surface area contributed by atoms with Crippen molar-refractivity contribution in [3.05, 3.63) is 0 Å². The highest BCUT2D eigenvalue weighted by molar-refractivity contribution is 6.46. The predicted octanol–water partition coefficient (Wildman–Crippen LogP) is 4.21. The molecule has 0 aliphatic carbocycles. The van der Waals surface area contributed by atoms with E-state index in [0.29, 0.717) is 0 Å². The van der Waals surface area contributed by atoms with Crippen molar-refractivity contribution in [3.8, 4) is 0 Å². The van der Waals surface area contributed by atoms with Crippen molar-refractivity contribution in [2.75, 3.05) is 13.9 Å². The maximum absolute atomic E-state index is 5.90. The number of hydrogen-bond acceptors (Lipinski definition) is 4. The van der Waals surface area contributed by atoms with Gasteiger partial charge in [0.25, 0.3) is 0 Å². The van der Waals surface area contributed by atoms with Gasteiger partial charge in [-0.25, -0.2) is 0 Å². The van der Waals surface area contributed by atoms with Crippen molar-refractivity contribution in [1.29, 1.82) is 0 Å². The van der Waals surface area contributed by atoms with Gasteiger partial charge in [-0.05, 0) is 34.1 Å². The van der Waals surface area contributed by atoms with Gasteiger partial charge in [0.1, 0.15) is 6.79 Å². The SMILES string of the molecule is CCCCCCCC(OCOC)B(OC(C)C)OC(C)C. The lowest BCUT2D eigenvalue weighted by Crippen LogP contribution is -2.43. The molecule has 0 saturated carbocycles. The summed E-state index contributed by atoms with van der Waals surface area (Å²) in [4.78, 5) is 0. The number of rotatable bonds is 14. The molecule has 0 heterocycles. The Morgan fingerprint density at radius 1 is 0.857 bits per heavy atom. The molecule has 4 nitrogen and oxygen atoms in total. The first kappa shape index (κ1) is 20.9. The smallest absolute Gasteiger partial charge is 0.407 e. The number of ether oxygens (including phenoxy) is 2. The molecule has 0 spiro atoms. The van der Waals surface area contributed by atoms with Crippen molar-refractivity contribution in [1.82, 2.24) is 0 Å². The molecule has 126 valence electrons. The van der Waals surface area contributed by atoms with Gasteiger partial charge in [0.2, 0.25) is 0 Å². The van der Waals surface area contributed by atoms with E-state index in [1.165, 1.54) is 25.7 Å². The van der Waals surface area contributed by atoms with Crippen LogP contribution in [0.3, 0.4) is 0 Å². The summed E-state index contributed by atoms with van der Waals surface area (Å²) in [6, 6.07) is -0.0728. The fourth-order valence-corrected chi connectivity index (χ4v) is 2.15. The van der Waals surface area contributed by atoms with Crippen molar-refractivity contribution in [2.45, 2.75) is 91.4 Å². The molecule has 0 fully saturated rings. The van der Waals surface area contributed by atoms with E-state index in [4.69, 9.17) is 18.8 Å². The molecular weight excluding hydrogens is 267 g/mol. The number of hydrogen-bond donors (Lipinski definition) is 0. The van der Waals surface area contributed by atoms with Crippen LogP contribution in [-0.2, 0) is 18.8 Å². The Bertz CT molecular complexity index is 214. The van der Waals surface area contributed by atoms with Gasteiger partial charge in [0.15, 0.2) is 0 Å². The lowest BCUT2D eigenvalue weighted by Gasteiger charge is -2.26. The van der Waals surface area contributed by atoms with Gasteiger partial charge in [0, 0.05) is 19.3 Å². The topological polar surface area (TPSA) is 36.9 Å². The first-order valence-corrected chi connectivity index (χ1v) is 8.42.